The molecule has 182 valence electrons. The van der Waals surface area contributed by atoms with Crippen LogP contribution in [0.4, 0.5) is 5.82 Å². The lowest BCUT2D eigenvalue weighted by molar-refractivity contribution is -0.389. The molecule has 0 bridgehead atoms. The van der Waals surface area contributed by atoms with E-state index in [1.807, 2.05) is 29.2 Å². The van der Waals surface area contributed by atoms with Gasteiger partial charge in [-0.05, 0) is 33.7 Å². The molecule has 1 saturated heterocycles. The third-order valence-electron chi connectivity index (χ3n) is 6.33. The third-order valence-corrected chi connectivity index (χ3v) is 6.33. The molecular weight excluding hydrogens is 450 g/mol. The first kappa shape index (κ1) is 23.0. The van der Waals surface area contributed by atoms with Crippen molar-refractivity contribution >= 4 is 11.7 Å². The van der Waals surface area contributed by atoms with Gasteiger partial charge in [0.05, 0.1) is 13.2 Å². The zero-order valence-electron chi connectivity index (χ0n) is 19.3. The van der Waals surface area contributed by atoms with E-state index >= 15 is 0 Å². The lowest BCUT2D eigenvalue weighted by Crippen LogP contribution is -2.40. The van der Waals surface area contributed by atoms with Crippen LogP contribution >= 0.6 is 0 Å². The average molecular weight is 478 g/mol. The number of nitro groups is 1. The quantitative estimate of drug-likeness (QED) is 0.411. The Labute approximate surface area is 202 Å². The van der Waals surface area contributed by atoms with Gasteiger partial charge in [-0.25, -0.2) is 0 Å². The predicted molar refractivity (Wildman–Crippen MR) is 128 cm³/mol. The van der Waals surface area contributed by atoms with E-state index in [-0.39, 0.29) is 11.7 Å². The topological polar surface area (TPSA) is 103 Å². The van der Waals surface area contributed by atoms with Crippen molar-refractivity contribution in [2.45, 2.75) is 13.1 Å². The number of rotatable bonds is 5. The Morgan fingerprint density at radius 3 is 2.29 bits per heavy atom. The maximum absolute atomic E-state index is 12.6. The number of amides is 1. The number of hydrogen-bond donors (Lipinski definition) is 0. The molecule has 0 spiro atoms. The van der Waals surface area contributed by atoms with Crippen molar-refractivity contribution in [2.24, 2.45) is 0 Å². The molecule has 0 N–H and O–H groups in total. The Morgan fingerprint density at radius 1 is 0.914 bits per heavy atom. The lowest BCUT2D eigenvalue weighted by atomic mass is 10.0. The zero-order valence-corrected chi connectivity index (χ0v) is 19.3. The number of imidazole rings is 1. The summed E-state index contributed by atoms with van der Waals surface area (Å²) < 4.78 is 12.7. The van der Waals surface area contributed by atoms with Crippen LogP contribution in [0.15, 0.2) is 54.7 Å². The van der Waals surface area contributed by atoms with Gasteiger partial charge in [0, 0.05) is 49.8 Å². The van der Waals surface area contributed by atoms with Crippen molar-refractivity contribution in [3.63, 3.8) is 0 Å². The Hall–Kier alpha value is -3.76. The lowest BCUT2D eigenvalue weighted by Gasteiger charge is -2.26. The van der Waals surface area contributed by atoms with Gasteiger partial charge in [-0.3, -0.25) is 14.3 Å². The van der Waals surface area contributed by atoms with Crippen molar-refractivity contribution in [2.75, 3.05) is 46.0 Å². The van der Waals surface area contributed by atoms with E-state index in [9.17, 15) is 14.9 Å². The van der Waals surface area contributed by atoms with Gasteiger partial charge in [-0.1, -0.05) is 36.4 Å². The fourth-order valence-corrected chi connectivity index (χ4v) is 4.35. The van der Waals surface area contributed by atoms with Gasteiger partial charge in [-0.15, -0.1) is 0 Å². The molecule has 2 aliphatic heterocycles. The fraction of sp³-hybridized carbons (Fsp3) is 0.360. The number of hydrogen-bond acceptors (Lipinski definition) is 7. The Kier molecular flexibility index (Phi) is 6.73. The van der Waals surface area contributed by atoms with Gasteiger partial charge in [0.15, 0.2) is 0 Å². The minimum atomic E-state index is -0.504. The Bertz CT molecular complexity index is 1190. The second kappa shape index (κ2) is 10.2. The van der Waals surface area contributed by atoms with E-state index in [0.717, 1.165) is 24.2 Å². The number of morpholine rings is 1. The molecule has 3 heterocycles. The second-order valence-electron chi connectivity index (χ2n) is 8.64. The minimum Gasteiger partial charge on any atom is -0.444 e. The molecule has 2 aliphatic rings. The largest absolute Gasteiger partial charge is 0.444 e. The molecule has 10 nitrogen and oxygen atoms in total. The van der Waals surface area contributed by atoms with Crippen LogP contribution in [0.25, 0.3) is 11.1 Å². The number of fused-ring (bicyclic) bond motifs is 1. The Morgan fingerprint density at radius 2 is 1.60 bits per heavy atom. The molecule has 1 aromatic heterocycles. The number of nitrogens with zero attached hydrogens (tertiary/aromatic N) is 5. The number of ether oxygens (including phenoxy) is 2. The smallest absolute Gasteiger partial charge is 0.414 e. The van der Waals surface area contributed by atoms with Crippen molar-refractivity contribution in [1.82, 2.24) is 19.4 Å². The van der Waals surface area contributed by atoms with E-state index in [0.29, 0.717) is 57.6 Å². The third kappa shape index (κ3) is 5.33. The molecule has 0 unspecified atom stereocenters. The number of benzene rings is 2. The Balaban J connectivity index is 1.19. The maximum Gasteiger partial charge on any atom is 0.414 e. The van der Waals surface area contributed by atoms with E-state index in [1.165, 1.54) is 11.8 Å². The normalized spacial score (nSPS) is 16.6. The summed E-state index contributed by atoms with van der Waals surface area (Å²) >= 11 is 0. The van der Waals surface area contributed by atoms with E-state index in [1.54, 1.807) is 4.57 Å². The van der Waals surface area contributed by atoms with E-state index < -0.39 is 4.92 Å². The molecule has 35 heavy (non-hydrogen) atoms. The molecule has 1 fully saturated rings. The first-order valence-electron chi connectivity index (χ1n) is 11.7. The summed E-state index contributed by atoms with van der Waals surface area (Å²) in [5.41, 5.74) is 4.01. The van der Waals surface area contributed by atoms with Gasteiger partial charge in [0.25, 0.3) is 5.91 Å². The van der Waals surface area contributed by atoms with Crippen LogP contribution in [0, 0.1) is 10.1 Å². The predicted octanol–water partition coefficient (Wildman–Crippen LogP) is 2.83. The first-order chi connectivity index (χ1) is 17.1. The number of carbonyl (C=O) groups excluding carboxylic acids is 1. The van der Waals surface area contributed by atoms with Crippen molar-refractivity contribution in [1.29, 1.82) is 0 Å². The van der Waals surface area contributed by atoms with E-state index in [4.69, 9.17) is 9.47 Å². The summed E-state index contributed by atoms with van der Waals surface area (Å²) in [6, 6.07) is 16.4. The van der Waals surface area contributed by atoms with Crippen molar-refractivity contribution in [3.05, 3.63) is 76.0 Å². The highest BCUT2D eigenvalue weighted by molar-refractivity contribution is 5.94. The van der Waals surface area contributed by atoms with Gasteiger partial charge in [0.1, 0.15) is 12.8 Å². The summed E-state index contributed by atoms with van der Waals surface area (Å²) in [5.74, 6) is -0.146. The summed E-state index contributed by atoms with van der Waals surface area (Å²) in [7, 11) is 0. The molecule has 0 atom stereocenters. The summed E-state index contributed by atoms with van der Waals surface area (Å²) in [5, 5.41) is 11.0. The maximum atomic E-state index is 12.6. The van der Waals surface area contributed by atoms with Crippen molar-refractivity contribution in [3.8, 4) is 17.1 Å². The molecule has 0 saturated carbocycles. The molecule has 2 aromatic carbocycles. The number of carbonyl (C=O) groups is 1. The molecule has 1 amide bonds. The molecule has 5 rings (SSSR count). The fourth-order valence-electron chi connectivity index (χ4n) is 4.35. The van der Waals surface area contributed by atoms with Crippen LogP contribution in [0.2, 0.25) is 0 Å². The van der Waals surface area contributed by atoms with Gasteiger partial charge >= 0.3 is 11.8 Å². The summed E-state index contributed by atoms with van der Waals surface area (Å²) in [6.45, 7) is 5.64. The molecule has 0 aliphatic carbocycles. The molecular formula is C25H27N5O5. The van der Waals surface area contributed by atoms with Crippen LogP contribution in [-0.4, -0.2) is 76.2 Å². The highest BCUT2D eigenvalue weighted by atomic mass is 16.6. The van der Waals surface area contributed by atoms with Gasteiger partial charge < -0.3 is 24.5 Å². The average Bonchev–Trinajstić information content (AvgIpc) is 3.29. The summed E-state index contributed by atoms with van der Waals surface area (Å²) in [4.78, 5) is 31.2. The monoisotopic (exact) mass is 477 g/mol. The highest BCUT2D eigenvalue weighted by Gasteiger charge is 2.23. The number of aromatic nitrogens is 2. The van der Waals surface area contributed by atoms with Gasteiger partial charge in [-0.2, -0.15) is 0 Å². The van der Waals surface area contributed by atoms with E-state index in [2.05, 4.69) is 34.1 Å². The zero-order chi connectivity index (χ0) is 24.2. The van der Waals surface area contributed by atoms with Crippen LogP contribution < -0.4 is 4.74 Å². The minimum absolute atomic E-state index is 0.0462. The van der Waals surface area contributed by atoms with Crippen LogP contribution in [0.3, 0.4) is 0 Å². The SMILES string of the molecule is O=C(c1ccc(-c2ccc(CN3CCOc4nc([N+](=O)[O-])cn4CC3)cc2)cc1)N1CCOCC1. The van der Waals surface area contributed by atoms with Gasteiger partial charge in [0.2, 0.25) is 0 Å². The summed E-state index contributed by atoms with van der Waals surface area (Å²) in [6.07, 6.45) is 1.42. The second-order valence-corrected chi connectivity index (χ2v) is 8.64. The first-order valence-corrected chi connectivity index (χ1v) is 11.7. The standard InChI is InChI=1S/C25H27N5O5/c31-24(28-12-14-34-15-13-28)22-7-5-21(6-8-22)20-3-1-19(2-4-20)17-27-9-10-29-18-23(30(32)33)26-25(29)35-16-11-27/h1-8,18H,9-17H2. The molecule has 3 aromatic rings. The highest BCUT2D eigenvalue weighted by Crippen LogP contribution is 2.23. The van der Waals surface area contributed by atoms with Crippen molar-refractivity contribution < 1.29 is 19.2 Å². The molecule has 0 radical (unpaired) electrons. The van der Waals surface area contributed by atoms with Crippen LogP contribution in [0.1, 0.15) is 15.9 Å². The van der Waals surface area contributed by atoms with Crippen LogP contribution in [-0.2, 0) is 17.8 Å². The molecule has 10 heteroatoms. The van der Waals surface area contributed by atoms with Crippen LogP contribution in [0.5, 0.6) is 6.01 Å².